The number of alkyl halides is 3. The molecule has 10 heteroatoms. The lowest BCUT2D eigenvalue weighted by atomic mass is 10.0. The zero-order valence-corrected chi connectivity index (χ0v) is 17.5. The van der Waals surface area contributed by atoms with E-state index < -0.39 is 32.2 Å². The lowest BCUT2D eigenvalue weighted by molar-refractivity contribution is -0.0499. The standard InChI is InChI=1S/C22H12ClF3O5S/c23-16-8-6-13(7-9-16)15-10-19-21(20(11-15)31-32(28,29)22(24,25)26)17(27)12-18(30-19)14-4-2-1-3-5-14/h1-12H. The van der Waals surface area contributed by atoms with Gasteiger partial charge in [-0.05, 0) is 35.4 Å². The van der Waals surface area contributed by atoms with Gasteiger partial charge in [0, 0.05) is 16.7 Å². The lowest BCUT2D eigenvalue weighted by Crippen LogP contribution is -2.28. The van der Waals surface area contributed by atoms with Crippen LogP contribution < -0.4 is 9.61 Å². The number of rotatable bonds is 4. The van der Waals surface area contributed by atoms with Gasteiger partial charge < -0.3 is 8.60 Å². The second-order valence-corrected chi connectivity index (χ2v) is 8.65. The largest absolute Gasteiger partial charge is 0.534 e. The Hall–Kier alpha value is -3.30. The molecule has 32 heavy (non-hydrogen) atoms. The van der Waals surface area contributed by atoms with Crippen LogP contribution in [0.2, 0.25) is 5.02 Å². The molecule has 0 aliphatic heterocycles. The predicted octanol–water partition coefficient (Wildman–Crippen LogP) is 6.01. The van der Waals surface area contributed by atoms with Crippen LogP contribution in [-0.4, -0.2) is 13.9 Å². The lowest BCUT2D eigenvalue weighted by Gasteiger charge is -2.13. The van der Waals surface area contributed by atoms with Crippen molar-refractivity contribution in [3.05, 3.63) is 88.0 Å². The molecule has 1 aromatic heterocycles. The summed E-state index contributed by atoms with van der Waals surface area (Å²) in [5, 5.41) is -0.0150. The Labute approximate surface area is 184 Å². The highest BCUT2D eigenvalue weighted by atomic mass is 35.5. The smallest absolute Gasteiger partial charge is 0.456 e. The summed E-state index contributed by atoms with van der Waals surface area (Å²) >= 11 is 5.88. The zero-order chi connectivity index (χ0) is 23.1. The van der Waals surface area contributed by atoms with Crippen LogP contribution in [0.4, 0.5) is 13.2 Å². The molecule has 0 radical (unpaired) electrons. The Bertz CT molecular complexity index is 1460. The molecule has 0 aliphatic carbocycles. The van der Waals surface area contributed by atoms with E-state index in [4.69, 9.17) is 16.0 Å². The minimum atomic E-state index is -6.03. The van der Waals surface area contributed by atoms with Crippen molar-refractivity contribution < 1.29 is 30.2 Å². The molecule has 4 aromatic rings. The van der Waals surface area contributed by atoms with Crippen molar-refractivity contribution in [1.29, 1.82) is 0 Å². The minimum absolute atomic E-state index is 0.142. The van der Waals surface area contributed by atoms with E-state index in [0.29, 0.717) is 16.1 Å². The van der Waals surface area contributed by atoms with Gasteiger partial charge in [-0.15, -0.1) is 0 Å². The topological polar surface area (TPSA) is 73.6 Å². The fraction of sp³-hybridized carbons (Fsp3) is 0.0455. The van der Waals surface area contributed by atoms with Gasteiger partial charge in [0.15, 0.2) is 11.2 Å². The first-order valence-electron chi connectivity index (χ1n) is 8.99. The van der Waals surface area contributed by atoms with E-state index in [0.717, 1.165) is 12.1 Å². The summed E-state index contributed by atoms with van der Waals surface area (Å²) in [5.41, 5.74) is -5.29. The molecular formula is C22H12ClF3O5S. The monoisotopic (exact) mass is 480 g/mol. The number of hydrogen-bond donors (Lipinski definition) is 0. The zero-order valence-electron chi connectivity index (χ0n) is 15.9. The molecule has 5 nitrogen and oxygen atoms in total. The molecule has 0 aliphatic rings. The molecule has 0 bridgehead atoms. The van der Waals surface area contributed by atoms with Crippen LogP contribution in [0, 0.1) is 0 Å². The van der Waals surface area contributed by atoms with Crippen molar-refractivity contribution >= 4 is 32.7 Å². The highest BCUT2D eigenvalue weighted by Crippen LogP contribution is 2.36. The Morgan fingerprint density at radius 2 is 1.50 bits per heavy atom. The molecule has 1 heterocycles. The van der Waals surface area contributed by atoms with E-state index in [1.165, 1.54) is 6.07 Å². The Balaban J connectivity index is 1.99. The van der Waals surface area contributed by atoms with Gasteiger partial charge in [-0.25, -0.2) is 0 Å². The molecule has 0 fully saturated rings. The number of hydrogen-bond acceptors (Lipinski definition) is 5. The fourth-order valence-electron chi connectivity index (χ4n) is 3.04. The molecule has 0 saturated carbocycles. The summed E-state index contributed by atoms with van der Waals surface area (Å²) in [4.78, 5) is 12.8. The molecule has 0 saturated heterocycles. The molecule has 0 unspecified atom stereocenters. The van der Waals surface area contributed by atoms with E-state index in [2.05, 4.69) is 4.18 Å². The summed E-state index contributed by atoms with van der Waals surface area (Å²) in [6, 6.07) is 18.3. The maximum Gasteiger partial charge on any atom is 0.534 e. The van der Waals surface area contributed by atoms with E-state index in [1.54, 1.807) is 54.6 Å². The minimum Gasteiger partial charge on any atom is -0.456 e. The van der Waals surface area contributed by atoms with Gasteiger partial charge in [-0.2, -0.15) is 21.6 Å². The van der Waals surface area contributed by atoms with Gasteiger partial charge in [0.2, 0.25) is 0 Å². The predicted molar refractivity (Wildman–Crippen MR) is 114 cm³/mol. The van der Waals surface area contributed by atoms with Gasteiger partial charge in [-0.3, -0.25) is 4.79 Å². The third kappa shape index (κ3) is 4.21. The molecule has 164 valence electrons. The van der Waals surface area contributed by atoms with Crippen molar-refractivity contribution in [2.24, 2.45) is 0 Å². The molecule has 4 rings (SSSR count). The van der Waals surface area contributed by atoms with Gasteiger partial charge in [-0.1, -0.05) is 54.1 Å². The summed E-state index contributed by atoms with van der Waals surface area (Å²) in [5.74, 6) is -0.640. The number of halogens is 4. The van der Waals surface area contributed by atoms with Crippen LogP contribution in [-0.2, 0) is 10.1 Å². The molecule has 0 spiro atoms. The third-order valence-corrected chi connectivity index (χ3v) is 5.73. The average molecular weight is 481 g/mol. The second-order valence-electron chi connectivity index (χ2n) is 6.68. The quantitative estimate of drug-likeness (QED) is 0.264. The van der Waals surface area contributed by atoms with Crippen LogP contribution in [0.3, 0.4) is 0 Å². The number of benzene rings is 3. The maximum atomic E-state index is 12.9. The third-order valence-electron chi connectivity index (χ3n) is 4.51. The van der Waals surface area contributed by atoms with Crippen molar-refractivity contribution in [3.63, 3.8) is 0 Å². The van der Waals surface area contributed by atoms with Crippen molar-refractivity contribution in [1.82, 2.24) is 0 Å². The van der Waals surface area contributed by atoms with E-state index in [-0.39, 0.29) is 16.9 Å². The van der Waals surface area contributed by atoms with Crippen LogP contribution in [0.25, 0.3) is 33.4 Å². The first-order chi connectivity index (χ1) is 15.0. The summed E-state index contributed by atoms with van der Waals surface area (Å²) in [6.45, 7) is 0. The van der Waals surface area contributed by atoms with Crippen LogP contribution in [0.1, 0.15) is 0 Å². The Kier molecular flexibility index (Phi) is 5.47. The summed E-state index contributed by atoms with van der Waals surface area (Å²) < 4.78 is 72.3. The van der Waals surface area contributed by atoms with E-state index >= 15 is 0 Å². The number of fused-ring (bicyclic) bond motifs is 1. The average Bonchev–Trinajstić information content (AvgIpc) is 2.73. The van der Waals surface area contributed by atoms with Crippen molar-refractivity contribution in [3.8, 4) is 28.2 Å². The van der Waals surface area contributed by atoms with Crippen molar-refractivity contribution in [2.75, 3.05) is 0 Å². The second kappa shape index (κ2) is 7.99. The molecular weight excluding hydrogens is 469 g/mol. The van der Waals surface area contributed by atoms with Gasteiger partial charge >= 0.3 is 15.6 Å². The molecule has 3 aromatic carbocycles. The van der Waals surface area contributed by atoms with Crippen molar-refractivity contribution in [2.45, 2.75) is 5.51 Å². The summed E-state index contributed by atoms with van der Waals surface area (Å²) in [6.07, 6.45) is 0. The molecule has 0 amide bonds. The van der Waals surface area contributed by atoms with Gasteiger partial charge in [0.05, 0.1) is 0 Å². The van der Waals surface area contributed by atoms with Crippen LogP contribution in [0.5, 0.6) is 5.75 Å². The highest BCUT2D eigenvalue weighted by molar-refractivity contribution is 7.88. The SMILES string of the molecule is O=c1cc(-c2ccccc2)oc2cc(-c3ccc(Cl)cc3)cc(OS(=O)(=O)C(F)(F)F)c12. The Morgan fingerprint density at radius 1 is 0.844 bits per heavy atom. The first kappa shape index (κ1) is 21.9. The van der Waals surface area contributed by atoms with Gasteiger partial charge in [0.1, 0.15) is 16.7 Å². The fourth-order valence-corrected chi connectivity index (χ4v) is 3.63. The van der Waals surface area contributed by atoms with E-state index in [9.17, 15) is 26.4 Å². The molecule has 0 N–H and O–H groups in total. The first-order valence-corrected chi connectivity index (χ1v) is 10.8. The highest BCUT2D eigenvalue weighted by Gasteiger charge is 2.49. The maximum absolute atomic E-state index is 12.9. The molecule has 0 atom stereocenters. The Morgan fingerprint density at radius 3 is 2.12 bits per heavy atom. The van der Waals surface area contributed by atoms with Crippen LogP contribution >= 0.6 is 11.6 Å². The van der Waals surface area contributed by atoms with Crippen LogP contribution in [0.15, 0.2) is 82.0 Å². The van der Waals surface area contributed by atoms with Gasteiger partial charge in [0.25, 0.3) is 0 Å². The summed E-state index contributed by atoms with van der Waals surface area (Å²) in [7, 11) is -6.03. The normalized spacial score (nSPS) is 12.1. The van der Waals surface area contributed by atoms with E-state index in [1.807, 2.05) is 0 Å².